The number of hydrogen-bond donors (Lipinski definition) is 0. The van der Waals surface area contributed by atoms with Gasteiger partial charge in [0.25, 0.3) is 5.91 Å². The molecule has 2 nitrogen and oxygen atoms in total. The fourth-order valence-corrected chi connectivity index (χ4v) is 3.41. The number of carbonyl (C=O) groups is 1. The highest BCUT2D eigenvalue weighted by Crippen LogP contribution is 2.23. The van der Waals surface area contributed by atoms with Crippen molar-refractivity contribution >= 4 is 5.91 Å². The molecule has 0 aromatic heterocycles. The monoisotopic (exact) mass is 307 g/mol. The predicted molar refractivity (Wildman–Crippen MR) is 94.6 cm³/mol. The zero-order valence-electron chi connectivity index (χ0n) is 13.9. The SMILES string of the molecule is CCC1CCN(C(=O)c2ccccc2Cc2ccccc2)CC1. The second-order valence-corrected chi connectivity index (χ2v) is 6.46. The Morgan fingerprint density at radius 1 is 1.00 bits per heavy atom. The number of carbonyl (C=O) groups excluding carboxylic acids is 1. The summed E-state index contributed by atoms with van der Waals surface area (Å²) in [5.41, 5.74) is 3.24. The van der Waals surface area contributed by atoms with Crippen LogP contribution in [0.2, 0.25) is 0 Å². The molecule has 0 atom stereocenters. The van der Waals surface area contributed by atoms with Crippen molar-refractivity contribution in [3.8, 4) is 0 Å². The van der Waals surface area contributed by atoms with Crippen molar-refractivity contribution in [3.05, 3.63) is 71.3 Å². The minimum atomic E-state index is 0.200. The fourth-order valence-electron chi connectivity index (χ4n) is 3.41. The van der Waals surface area contributed by atoms with Gasteiger partial charge in [0.2, 0.25) is 0 Å². The predicted octanol–water partition coefficient (Wildman–Crippen LogP) is 4.54. The first-order valence-corrected chi connectivity index (χ1v) is 8.69. The van der Waals surface area contributed by atoms with Crippen LogP contribution in [0.1, 0.15) is 47.7 Å². The van der Waals surface area contributed by atoms with Crippen LogP contribution in [0.25, 0.3) is 0 Å². The summed E-state index contributed by atoms with van der Waals surface area (Å²) in [7, 11) is 0. The second kappa shape index (κ2) is 7.45. The van der Waals surface area contributed by atoms with Crippen molar-refractivity contribution in [1.82, 2.24) is 4.90 Å². The molecule has 2 aromatic carbocycles. The minimum Gasteiger partial charge on any atom is -0.339 e. The first-order chi connectivity index (χ1) is 11.3. The van der Waals surface area contributed by atoms with Crippen LogP contribution in [0.3, 0.4) is 0 Å². The molecule has 2 aromatic rings. The number of likely N-dealkylation sites (tertiary alicyclic amines) is 1. The van der Waals surface area contributed by atoms with Gasteiger partial charge in [0.1, 0.15) is 0 Å². The number of piperidine rings is 1. The molecule has 1 amide bonds. The molecule has 0 radical (unpaired) electrons. The quantitative estimate of drug-likeness (QED) is 0.812. The molecule has 0 N–H and O–H groups in total. The van der Waals surface area contributed by atoms with Gasteiger partial charge in [-0.25, -0.2) is 0 Å². The Morgan fingerprint density at radius 2 is 1.65 bits per heavy atom. The van der Waals surface area contributed by atoms with E-state index in [1.165, 1.54) is 12.0 Å². The van der Waals surface area contributed by atoms with Crippen LogP contribution in [0.15, 0.2) is 54.6 Å². The van der Waals surface area contributed by atoms with E-state index in [2.05, 4.69) is 37.3 Å². The Labute approximate surface area is 139 Å². The van der Waals surface area contributed by atoms with E-state index in [0.29, 0.717) is 0 Å². The molecule has 1 aliphatic rings. The van der Waals surface area contributed by atoms with Gasteiger partial charge in [0, 0.05) is 18.7 Å². The lowest BCUT2D eigenvalue weighted by molar-refractivity contribution is 0.0688. The van der Waals surface area contributed by atoms with Crippen LogP contribution >= 0.6 is 0 Å². The molecule has 1 saturated heterocycles. The van der Waals surface area contributed by atoms with Crippen molar-refractivity contribution < 1.29 is 4.79 Å². The number of rotatable bonds is 4. The van der Waals surface area contributed by atoms with E-state index in [4.69, 9.17) is 0 Å². The zero-order chi connectivity index (χ0) is 16.1. The summed E-state index contributed by atoms with van der Waals surface area (Å²) < 4.78 is 0. The van der Waals surface area contributed by atoms with Crippen molar-refractivity contribution in [2.24, 2.45) is 5.92 Å². The van der Waals surface area contributed by atoms with Gasteiger partial charge in [-0.2, -0.15) is 0 Å². The Kier molecular flexibility index (Phi) is 5.12. The van der Waals surface area contributed by atoms with Gasteiger partial charge >= 0.3 is 0 Å². The number of benzene rings is 2. The maximum atomic E-state index is 12.9. The third-order valence-corrected chi connectivity index (χ3v) is 4.96. The Morgan fingerprint density at radius 3 is 2.35 bits per heavy atom. The summed E-state index contributed by atoms with van der Waals surface area (Å²) in [5, 5.41) is 0. The first kappa shape index (κ1) is 15.8. The Hall–Kier alpha value is -2.09. The van der Waals surface area contributed by atoms with Gasteiger partial charge in [-0.15, -0.1) is 0 Å². The highest BCUT2D eigenvalue weighted by Gasteiger charge is 2.24. The first-order valence-electron chi connectivity index (χ1n) is 8.69. The molecule has 23 heavy (non-hydrogen) atoms. The number of amides is 1. The van der Waals surface area contributed by atoms with Crippen LogP contribution < -0.4 is 0 Å². The normalized spacial score (nSPS) is 15.6. The summed E-state index contributed by atoms with van der Waals surface area (Å²) >= 11 is 0. The van der Waals surface area contributed by atoms with E-state index in [9.17, 15) is 4.79 Å². The van der Waals surface area contributed by atoms with Crippen molar-refractivity contribution in [2.45, 2.75) is 32.6 Å². The average Bonchev–Trinajstić information content (AvgIpc) is 2.62. The van der Waals surface area contributed by atoms with E-state index in [0.717, 1.165) is 49.4 Å². The van der Waals surface area contributed by atoms with E-state index < -0.39 is 0 Å². The summed E-state index contributed by atoms with van der Waals surface area (Å²) in [4.78, 5) is 15.0. The minimum absolute atomic E-state index is 0.200. The molecule has 2 heteroatoms. The Balaban J connectivity index is 1.76. The third kappa shape index (κ3) is 3.82. The van der Waals surface area contributed by atoms with E-state index in [1.807, 2.05) is 29.2 Å². The molecule has 3 rings (SSSR count). The molecule has 1 aliphatic heterocycles. The molecule has 120 valence electrons. The van der Waals surface area contributed by atoms with E-state index >= 15 is 0 Å². The Bertz CT molecular complexity index is 642. The summed E-state index contributed by atoms with van der Waals surface area (Å²) in [6.07, 6.45) is 4.33. The van der Waals surface area contributed by atoms with Gasteiger partial charge in [-0.3, -0.25) is 4.79 Å². The van der Waals surface area contributed by atoms with Gasteiger partial charge in [-0.05, 0) is 42.4 Å². The summed E-state index contributed by atoms with van der Waals surface area (Å²) in [6.45, 7) is 4.05. The maximum Gasteiger partial charge on any atom is 0.254 e. The topological polar surface area (TPSA) is 20.3 Å². The molecule has 0 unspecified atom stereocenters. The van der Waals surface area contributed by atoms with Crippen LogP contribution in [-0.4, -0.2) is 23.9 Å². The van der Waals surface area contributed by atoms with E-state index in [-0.39, 0.29) is 5.91 Å². The fraction of sp³-hybridized carbons (Fsp3) is 0.381. The molecule has 1 heterocycles. The molecule has 1 fully saturated rings. The molecule has 0 saturated carbocycles. The molecule has 0 bridgehead atoms. The van der Waals surface area contributed by atoms with Crippen LogP contribution in [0.5, 0.6) is 0 Å². The second-order valence-electron chi connectivity index (χ2n) is 6.46. The largest absolute Gasteiger partial charge is 0.339 e. The molecular formula is C21H25NO. The smallest absolute Gasteiger partial charge is 0.254 e. The zero-order valence-corrected chi connectivity index (χ0v) is 13.9. The van der Waals surface area contributed by atoms with Crippen LogP contribution in [0.4, 0.5) is 0 Å². The highest BCUT2D eigenvalue weighted by molar-refractivity contribution is 5.95. The van der Waals surface area contributed by atoms with Crippen molar-refractivity contribution in [1.29, 1.82) is 0 Å². The van der Waals surface area contributed by atoms with Crippen LogP contribution in [-0.2, 0) is 6.42 Å². The molecule has 0 aliphatic carbocycles. The van der Waals surface area contributed by atoms with Crippen molar-refractivity contribution in [3.63, 3.8) is 0 Å². The van der Waals surface area contributed by atoms with Crippen LogP contribution in [0, 0.1) is 5.92 Å². The lowest BCUT2D eigenvalue weighted by atomic mass is 9.93. The van der Waals surface area contributed by atoms with Gasteiger partial charge in [0.15, 0.2) is 0 Å². The van der Waals surface area contributed by atoms with Gasteiger partial charge < -0.3 is 4.90 Å². The molecule has 0 spiro atoms. The highest BCUT2D eigenvalue weighted by atomic mass is 16.2. The van der Waals surface area contributed by atoms with E-state index in [1.54, 1.807) is 0 Å². The number of nitrogens with zero attached hydrogens (tertiary/aromatic N) is 1. The van der Waals surface area contributed by atoms with Gasteiger partial charge in [0.05, 0.1) is 0 Å². The van der Waals surface area contributed by atoms with Crippen molar-refractivity contribution in [2.75, 3.05) is 13.1 Å². The molecular weight excluding hydrogens is 282 g/mol. The third-order valence-electron chi connectivity index (χ3n) is 4.96. The lowest BCUT2D eigenvalue weighted by Gasteiger charge is -2.32. The summed E-state index contributed by atoms with van der Waals surface area (Å²) in [5.74, 6) is 0.990. The maximum absolute atomic E-state index is 12.9. The number of hydrogen-bond acceptors (Lipinski definition) is 1. The summed E-state index contributed by atoms with van der Waals surface area (Å²) in [6, 6.07) is 18.4. The van der Waals surface area contributed by atoms with Gasteiger partial charge in [-0.1, -0.05) is 61.9 Å². The standard InChI is InChI=1S/C21H25NO/c1-2-17-12-14-22(15-13-17)21(23)20-11-7-6-10-19(20)16-18-8-4-3-5-9-18/h3-11,17H,2,12-16H2,1H3. The lowest BCUT2D eigenvalue weighted by Crippen LogP contribution is -2.38. The average molecular weight is 307 g/mol.